The van der Waals surface area contributed by atoms with Crippen molar-refractivity contribution in [2.45, 2.75) is 110 Å². The summed E-state index contributed by atoms with van der Waals surface area (Å²) in [4.78, 5) is 10.2. The van der Waals surface area contributed by atoms with Crippen LogP contribution >= 0.6 is 0 Å². The summed E-state index contributed by atoms with van der Waals surface area (Å²) in [6.45, 7) is 2.27. The van der Waals surface area contributed by atoms with Gasteiger partial charge in [0, 0.05) is 5.97 Å². The second-order valence-corrected chi connectivity index (χ2v) is 6.07. The number of hydrogen-bond acceptors (Lipinski definition) is 2. The van der Waals surface area contributed by atoms with Crippen LogP contribution in [0.15, 0.2) is 0 Å². The van der Waals surface area contributed by atoms with Crippen LogP contribution in [0.5, 0.6) is 0 Å². The Balaban J connectivity index is -0.00000180. The molecule has 0 aromatic heterocycles. The van der Waals surface area contributed by atoms with Gasteiger partial charge in [0.15, 0.2) is 0 Å². The third-order valence-electron chi connectivity index (χ3n) is 3.98. The van der Waals surface area contributed by atoms with Crippen molar-refractivity contribution in [3.05, 3.63) is 0 Å². The van der Waals surface area contributed by atoms with E-state index in [0.29, 0.717) is 0 Å². The first kappa shape index (κ1) is 28.9. The van der Waals surface area contributed by atoms with Crippen molar-refractivity contribution in [3.8, 4) is 0 Å². The molecule has 0 spiro atoms. The summed E-state index contributed by atoms with van der Waals surface area (Å²) in [5.41, 5.74) is 0. The molecule has 0 aliphatic heterocycles. The van der Waals surface area contributed by atoms with E-state index >= 15 is 0 Å². The van der Waals surface area contributed by atoms with Crippen LogP contribution < -0.4 is 34.7 Å². The Morgan fingerprint density at radius 2 is 0.909 bits per heavy atom. The molecule has 0 aromatic rings. The van der Waals surface area contributed by atoms with E-state index in [-0.39, 0.29) is 87.4 Å². The average molecular weight is 347 g/mol. The summed E-state index contributed by atoms with van der Waals surface area (Å²) < 4.78 is 0. The topological polar surface area (TPSA) is 40.1 Å². The normalized spacial score (nSPS) is 9.86. The molecule has 0 atom stereocenters. The van der Waals surface area contributed by atoms with E-state index in [1.54, 1.807) is 0 Å². The van der Waals surface area contributed by atoms with Crippen molar-refractivity contribution in [2.24, 2.45) is 0 Å². The molecule has 2 nitrogen and oxygen atoms in total. The molecule has 0 fully saturated rings. The first-order valence-electron chi connectivity index (χ1n) is 8.97. The standard InChI is InChI=1S/C18H36O2.K.Na.H/c1-2-3-4-5-6-7-8-9-10-11-12-13-14-15-16-17-18(19)20;;;/h2-17H2,1H3,(H,19,20);;;/q;;+1;/p-1. The summed E-state index contributed by atoms with van der Waals surface area (Å²) in [6, 6.07) is 0. The molecule has 0 unspecified atom stereocenters. The molecule has 0 amide bonds. The van der Waals surface area contributed by atoms with Gasteiger partial charge in [-0.1, -0.05) is 96.8 Å². The van der Waals surface area contributed by atoms with E-state index in [0.717, 1.165) is 12.8 Å². The second-order valence-electron chi connectivity index (χ2n) is 6.07. The molecule has 4 heteroatoms. The van der Waals surface area contributed by atoms with Crippen LogP contribution in [0.25, 0.3) is 0 Å². The minimum absolute atomic E-state index is 0. The zero-order valence-electron chi connectivity index (χ0n) is 14.6. The van der Waals surface area contributed by atoms with Crippen LogP contribution in [0.3, 0.4) is 0 Å². The van der Waals surface area contributed by atoms with Crippen molar-refractivity contribution in [3.63, 3.8) is 0 Å². The number of carbonyl (C=O) groups excluding carboxylic acids is 1. The number of unbranched alkanes of at least 4 members (excludes halogenated alkanes) is 14. The Bertz CT molecular complexity index is 213. The zero-order valence-corrected chi connectivity index (χ0v) is 16.6. The molecule has 0 bridgehead atoms. The minimum atomic E-state index is -0.903. The third kappa shape index (κ3) is 27.0. The minimum Gasteiger partial charge on any atom is 1.00 e. The Kier molecular flexibility index (Phi) is 33.3. The maximum Gasteiger partial charge on any atom is 1.00 e. The van der Waals surface area contributed by atoms with Crippen molar-refractivity contribution in [2.75, 3.05) is 0 Å². The summed E-state index contributed by atoms with van der Waals surface area (Å²) in [5, 5.41) is 10.2. The zero-order chi connectivity index (χ0) is 14.9. The molecule has 0 rings (SSSR count). The van der Waals surface area contributed by atoms with Crippen LogP contribution in [0.2, 0.25) is 0 Å². The molecule has 0 aromatic carbocycles. The van der Waals surface area contributed by atoms with Crippen molar-refractivity contribution in [1.82, 2.24) is 0 Å². The molecule has 0 saturated carbocycles. The summed E-state index contributed by atoms with van der Waals surface area (Å²) in [5.74, 6) is -0.903. The van der Waals surface area contributed by atoms with Gasteiger partial charge in [0.1, 0.15) is 0 Å². The Labute approximate surface area is 203 Å². The van der Waals surface area contributed by atoms with Crippen LogP contribution in [-0.4, -0.2) is 57.4 Å². The number of aliphatic carboxylic acids is 1. The maximum absolute atomic E-state index is 10.2. The molecule has 22 heavy (non-hydrogen) atoms. The molecule has 0 heterocycles. The third-order valence-corrected chi connectivity index (χ3v) is 3.98. The van der Waals surface area contributed by atoms with E-state index in [4.69, 9.17) is 0 Å². The molecule has 0 N–H and O–H groups in total. The van der Waals surface area contributed by atoms with Gasteiger partial charge < -0.3 is 9.90 Å². The monoisotopic (exact) mass is 346 g/mol. The summed E-state index contributed by atoms with van der Waals surface area (Å²) >= 11 is 0. The van der Waals surface area contributed by atoms with E-state index in [2.05, 4.69) is 6.92 Å². The van der Waals surface area contributed by atoms with Gasteiger partial charge in [-0.2, -0.15) is 0 Å². The number of hydrogen-bond donors (Lipinski definition) is 0. The van der Waals surface area contributed by atoms with Gasteiger partial charge in [-0.3, -0.25) is 0 Å². The van der Waals surface area contributed by atoms with E-state index in [1.807, 2.05) is 0 Å². The fourth-order valence-electron chi connectivity index (χ4n) is 2.64. The number of rotatable bonds is 16. The van der Waals surface area contributed by atoms with E-state index in [1.165, 1.54) is 83.5 Å². The van der Waals surface area contributed by atoms with Gasteiger partial charge in [0.2, 0.25) is 0 Å². The van der Waals surface area contributed by atoms with Gasteiger partial charge in [0.05, 0.1) is 0 Å². The van der Waals surface area contributed by atoms with Gasteiger partial charge in [0.25, 0.3) is 0 Å². The molecule has 0 aliphatic rings. The predicted octanol–water partition coefficient (Wildman–Crippen LogP) is 1.35. The van der Waals surface area contributed by atoms with Crippen molar-refractivity contribution in [1.29, 1.82) is 0 Å². The maximum atomic E-state index is 10.2. The van der Waals surface area contributed by atoms with E-state index in [9.17, 15) is 9.90 Å². The van der Waals surface area contributed by atoms with E-state index < -0.39 is 5.97 Å². The van der Waals surface area contributed by atoms with Crippen LogP contribution in [0.1, 0.15) is 110 Å². The molecular weight excluding hydrogens is 310 g/mol. The molecule has 0 saturated heterocycles. The van der Waals surface area contributed by atoms with Gasteiger partial charge in [-0.15, -0.1) is 0 Å². The molecule has 0 aliphatic carbocycles. The quantitative estimate of drug-likeness (QED) is 0.313. The first-order chi connectivity index (χ1) is 9.77. The first-order valence-corrected chi connectivity index (χ1v) is 8.97. The smallest absolute Gasteiger partial charge is 1.00 e. The second kappa shape index (κ2) is 25.3. The van der Waals surface area contributed by atoms with Crippen LogP contribution in [0.4, 0.5) is 0 Å². The average Bonchev–Trinajstić information content (AvgIpc) is 2.43. The number of carboxylic acids is 1. The van der Waals surface area contributed by atoms with Crippen LogP contribution in [-0.2, 0) is 4.79 Å². The fourth-order valence-corrected chi connectivity index (χ4v) is 2.64. The summed E-state index contributed by atoms with van der Waals surface area (Å²) in [7, 11) is 0. The van der Waals surface area contributed by atoms with Crippen molar-refractivity contribution >= 4 is 57.4 Å². The predicted molar refractivity (Wildman–Crippen MR) is 91.7 cm³/mol. The fraction of sp³-hybridized carbons (Fsp3) is 0.944. The van der Waals surface area contributed by atoms with Gasteiger partial charge in [-0.05, 0) is 12.8 Å². The Morgan fingerprint density at radius 1 is 0.636 bits per heavy atom. The summed E-state index contributed by atoms with van der Waals surface area (Å²) in [6.07, 6.45) is 19.9. The largest absolute Gasteiger partial charge is 1.00 e. The van der Waals surface area contributed by atoms with Crippen LogP contribution in [0, 0.1) is 0 Å². The van der Waals surface area contributed by atoms with Gasteiger partial charge in [-0.25, -0.2) is 0 Å². The Morgan fingerprint density at radius 3 is 1.18 bits per heavy atom. The van der Waals surface area contributed by atoms with Gasteiger partial charge >= 0.3 is 80.9 Å². The SMILES string of the molecule is CCCCCCCCCCCCCCCCCC(=O)[O-].[KH].[Na+]. The molecular formula is C18H36KNaO2. The number of carbonyl (C=O) groups is 1. The van der Waals surface area contributed by atoms with Crippen molar-refractivity contribution < 1.29 is 39.5 Å². The molecule has 122 valence electrons. The number of carboxylic acid groups (broad SMARTS) is 1. The molecule has 0 radical (unpaired) electrons. The Hall–Kier alpha value is 2.11.